The molecule has 3 heteroatoms. The van der Waals surface area contributed by atoms with Crippen molar-refractivity contribution in [2.24, 2.45) is 5.92 Å². The third kappa shape index (κ3) is 1.51. The van der Waals surface area contributed by atoms with Crippen molar-refractivity contribution in [3.05, 3.63) is 59.7 Å². The summed E-state index contributed by atoms with van der Waals surface area (Å²) in [5.74, 6) is -0.612. The lowest BCUT2D eigenvalue weighted by Crippen LogP contribution is -2.30. The van der Waals surface area contributed by atoms with Crippen LogP contribution in [0.15, 0.2) is 54.1 Å². The molecule has 3 rings (SSSR count). The van der Waals surface area contributed by atoms with Gasteiger partial charge in [-0.05, 0) is 5.56 Å². The predicted molar refractivity (Wildman–Crippen MR) is 62.7 cm³/mol. The standard InChI is InChI=1S/C14H11NO2/c16-13-11-7-4-8-12(11)14(17)15(13)9-10-5-2-1-3-6-10/h1-8,11H,9H2. The van der Waals surface area contributed by atoms with E-state index in [1.54, 1.807) is 18.2 Å². The first-order valence-electron chi connectivity index (χ1n) is 5.55. The number of benzene rings is 1. The zero-order valence-corrected chi connectivity index (χ0v) is 9.17. The molecule has 0 spiro atoms. The Morgan fingerprint density at radius 1 is 1.12 bits per heavy atom. The van der Waals surface area contributed by atoms with Gasteiger partial charge >= 0.3 is 0 Å². The fourth-order valence-electron chi connectivity index (χ4n) is 2.24. The Morgan fingerprint density at radius 3 is 2.59 bits per heavy atom. The second-order valence-corrected chi connectivity index (χ2v) is 4.20. The maximum atomic E-state index is 12.0. The summed E-state index contributed by atoms with van der Waals surface area (Å²) in [6.45, 7) is 0.361. The van der Waals surface area contributed by atoms with Crippen LogP contribution in [0.1, 0.15) is 5.56 Å². The number of hydrogen-bond acceptors (Lipinski definition) is 2. The van der Waals surface area contributed by atoms with Gasteiger partial charge in [0.15, 0.2) is 0 Å². The van der Waals surface area contributed by atoms with Crippen molar-refractivity contribution in [3.63, 3.8) is 0 Å². The van der Waals surface area contributed by atoms with Crippen LogP contribution >= 0.6 is 0 Å². The number of nitrogens with zero attached hydrogens (tertiary/aromatic N) is 1. The topological polar surface area (TPSA) is 37.4 Å². The Morgan fingerprint density at radius 2 is 1.88 bits per heavy atom. The highest BCUT2D eigenvalue weighted by Crippen LogP contribution is 2.31. The molecule has 3 nitrogen and oxygen atoms in total. The molecule has 2 aliphatic rings. The van der Waals surface area contributed by atoms with Gasteiger partial charge < -0.3 is 0 Å². The van der Waals surface area contributed by atoms with E-state index in [0.717, 1.165) is 5.56 Å². The summed E-state index contributed by atoms with van der Waals surface area (Å²) in [7, 11) is 0. The summed E-state index contributed by atoms with van der Waals surface area (Å²) in [6, 6.07) is 9.55. The summed E-state index contributed by atoms with van der Waals surface area (Å²) in [6.07, 6.45) is 5.28. The SMILES string of the molecule is O=C1C2=CC=CC2C(=O)N1Cc1ccccc1. The number of amides is 2. The maximum Gasteiger partial charge on any atom is 0.257 e. The van der Waals surface area contributed by atoms with Crippen LogP contribution in [0, 0.1) is 5.92 Å². The second-order valence-electron chi connectivity index (χ2n) is 4.20. The second kappa shape index (κ2) is 3.70. The van der Waals surface area contributed by atoms with Crippen molar-refractivity contribution in [1.29, 1.82) is 0 Å². The summed E-state index contributed by atoms with van der Waals surface area (Å²) in [4.78, 5) is 25.3. The number of carbonyl (C=O) groups excluding carboxylic acids is 2. The quantitative estimate of drug-likeness (QED) is 0.718. The molecule has 1 aromatic rings. The van der Waals surface area contributed by atoms with E-state index in [4.69, 9.17) is 0 Å². The number of hydrogen-bond donors (Lipinski definition) is 0. The first kappa shape index (κ1) is 10.0. The van der Waals surface area contributed by atoms with Crippen LogP contribution in [-0.4, -0.2) is 16.7 Å². The number of carbonyl (C=O) groups is 2. The minimum Gasteiger partial charge on any atom is -0.273 e. The van der Waals surface area contributed by atoms with Gasteiger partial charge in [0.05, 0.1) is 12.5 Å². The van der Waals surface area contributed by atoms with Crippen molar-refractivity contribution < 1.29 is 9.59 Å². The minimum atomic E-state index is -0.341. The van der Waals surface area contributed by atoms with E-state index in [0.29, 0.717) is 12.1 Å². The Labute approximate surface area is 99.0 Å². The molecule has 0 N–H and O–H groups in total. The summed E-state index contributed by atoms with van der Waals surface area (Å²) >= 11 is 0. The van der Waals surface area contributed by atoms with Crippen molar-refractivity contribution in [2.45, 2.75) is 6.54 Å². The number of rotatable bonds is 2. The molecule has 0 saturated carbocycles. The average Bonchev–Trinajstić information content (AvgIpc) is 2.91. The van der Waals surface area contributed by atoms with E-state index in [9.17, 15) is 9.59 Å². The van der Waals surface area contributed by atoms with Gasteiger partial charge in [-0.1, -0.05) is 48.6 Å². The molecule has 2 amide bonds. The molecule has 1 saturated heterocycles. The van der Waals surface area contributed by atoms with E-state index < -0.39 is 0 Å². The third-order valence-corrected chi connectivity index (χ3v) is 3.12. The molecule has 1 aliphatic heterocycles. The Hall–Kier alpha value is -2.16. The molecule has 0 aromatic heterocycles. The van der Waals surface area contributed by atoms with Gasteiger partial charge in [0.2, 0.25) is 5.91 Å². The highest BCUT2D eigenvalue weighted by molar-refractivity contribution is 6.16. The largest absolute Gasteiger partial charge is 0.273 e. The number of imide groups is 1. The van der Waals surface area contributed by atoms with Gasteiger partial charge in [-0.15, -0.1) is 0 Å². The Kier molecular flexibility index (Phi) is 2.18. The molecule has 17 heavy (non-hydrogen) atoms. The molecule has 0 radical (unpaired) electrons. The van der Waals surface area contributed by atoms with Crippen LogP contribution in [0.5, 0.6) is 0 Å². The molecule has 84 valence electrons. The molecule has 1 aliphatic carbocycles. The highest BCUT2D eigenvalue weighted by Gasteiger charge is 2.42. The summed E-state index contributed by atoms with van der Waals surface area (Å²) in [5, 5.41) is 0. The zero-order chi connectivity index (χ0) is 11.8. The van der Waals surface area contributed by atoms with Crippen LogP contribution in [0.4, 0.5) is 0 Å². The van der Waals surface area contributed by atoms with Gasteiger partial charge in [-0.3, -0.25) is 14.5 Å². The lowest BCUT2D eigenvalue weighted by Gasteiger charge is -2.13. The van der Waals surface area contributed by atoms with E-state index in [1.807, 2.05) is 30.3 Å². The monoisotopic (exact) mass is 225 g/mol. The molecule has 0 bridgehead atoms. The highest BCUT2D eigenvalue weighted by atomic mass is 16.2. The van der Waals surface area contributed by atoms with Crippen LogP contribution in [-0.2, 0) is 16.1 Å². The summed E-state index contributed by atoms with van der Waals surface area (Å²) < 4.78 is 0. The first-order chi connectivity index (χ1) is 8.27. The average molecular weight is 225 g/mol. The van der Waals surface area contributed by atoms with E-state index in [1.165, 1.54) is 4.90 Å². The fourth-order valence-corrected chi connectivity index (χ4v) is 2.24. The molecular formula is C14H11NO2. The van der Waals surface area contributed by atoms with Crippen LogP contribution in [0.25, 0.3) is 0 Å². The Balaban J connectivity index is 1.86. The lowest BCUT2D eigenvalue weighted by molar-refractivity contribution is -0.139. The van der Waals surface area contributed by atoms with Gasteiger partial charge in [-0.25, -0.2) is 0 Å². The minimum absolute atomic E-state index is 0.112. The van der Waals surface area contributed by atoms with Crippen LogP contribution < -0.4 is 0 Å². The predicted octanol–water partition coefficient (Wildman–Crippen LogP) is 1.67. The normalized spacial score (nSPS) is 22.0. The van der Waals surface area contributed by atoms with E-state index in [2.05, 4.69) is 0 Å². The maximum absolute atomic E-state index is 12.0. The molecule has 1 heterocycles. The fraction of sp³-hybridized carbons (Fsp3) is 0.143. The van der Waals surface area contributed by atoms with Crippen LogP contribution in [0.3, 0.4) is 0 Å². The molecule has 1 atom stereocenters. The number of likely N-dealkylation sites (tertiary alicyclic amines) is 1. The number of allylic oxidation sites excluding steroid dienone is 2. The zero-order valence-electron chi connectivity index (χ0n) is 9.17. The smallest absolute Gasteiger partial charge is 0.257 e. The van der Waals surface area contributed by atoms with E-state index in [-0.39, 0.29) is 17.7 Å². The van der Waals surface area contributed by atoms with Crippen molar-refractivity contribution in [3.8, 4) is 0 Å². The number of fused-ring (bicyclic) bond motifs is 1. The first-order valence-corrected chi connectivity index (χ1v) is 5.55. The third-order valence-electron chi connectivity index (χ3n) is 3.12. The van der Waals surface area contributed by atoms with Gasteiger partial charge in [-0.2, -0.15) is 0 Å². The van der Waals surface area contributed by atoms with Gasteiger partial charge in [0, 0.05) is 5.57 Å². The molecule has 1 unspecified atom stereocenters. The summed E-state index contributed by atoms with van der Waals surface area (Å²) in [5.41, 5.74) is 1.57. The van der Waals surface area contributed by atoms with Crippen molar-refractivity contribution in [1.82, 2.24) is 4.90 Å². The van der Waals surface area contributed by atoms with Crippen molar-refractivity contribution >= 4 is 11.8 Å². The van der Waals surface area contributed by atoms with Crippen LogP contribution in [0.2, 0.25) is 0 Å². The van der Waals surface area contributed by atoms with Gasteiger partial charge in [0.25, 0.3) is 5.91 Å². The Bertz CT molecular complexity index is 543. The van der Waals surface area contributed by atoms with Gasteiger partial charge in [0.1, 0.15) is 0 Å². The molecular weight excluding hydrogens is 214 g/mol. The van der Waals surface area contributed by atoms with Crippen molar-refractivity contribution in [2.75, 3.05) is 0 Å². The lowest BCUT2D eigenvalue weighted by atomic mass is 10.1. The van der Waals surface area contributed by atoms with E-state index >= 15 is 0 Å². The molecule has 1 aromatic carbocycles. The molecule has 1 fully saturated rings.